The van der Waals surface area contributed by atoms with E-state index in [0.717, 1.165) is 5.31 Å². The van der Waals surface area contributed by atoms with E-state index >= 15 is 0 Å². The number of ether oxygens (including phenoxy) is 1. The first kappa shape index (κ1) is 6.31. The van der Waals surface area contributed by atoms with Crippen molar-refractivity contribution in [1.82, 2.24) is 0 Å². The van der Waals surface area contributed by atoms with Crippen LogP contribution < -0.4 is 10.0 Å². The van der Waals surface area contributed by atoms with Crippen LogP contribution in [0.4, 0.5) is 5.69 Å². The molecule has 0 aliphatic carbocycles. The molecule has 0 fully saturated rings. The third-order valence-electron chi connectivity index (χ3n) is 1.52. The molecule has 1 amide bonds. The van der Waals surface area contributed by atoms with Gasteiger partial charge in [-0.3, -0.25) is 4.79 Å². The van der Waals surface area contributed by atoms with Gasteiger partial charge in [0.05, 0.1) is 5.69 Å². The molecular formula is C8H6ClNO2. The van der Waals surface area contributed by atoms with E-state index in [1.165, 1.54) is 0 Å². The lowest BCUT2D eigenvalue weighted by Crippen LogP contribution is -2.25. The molecule has 1 heterocycles. The van der Waals surface area contributed by atoms with Crippen LogP contribution in [0.25, 0.3) is 0 Å². The Morgan fingerprint density at radius 1 is 1.67 bits per heavy atom. The Morgan fingerprint density at radius 3 is 3.33 bits per heavy atom. The van der Waals surface area contributed by atoms with Crippen molar-refractivity contribution in [2.45, 2.75) is 0 Å². The summed E-state index contributed by atoms with van der Waals surface area (Å²) in [7, 11) is 0. The summed E-state index contributed by atoms with van der Waals surface area (Å²) in [5, 5.41) is 1.34. The SMILES string of the molecule is [2H]N1C(=O)COc2cc(Cl)ccc21. The first-order chi connectivity index (χ1) is 6.18. The molecule has 0 aromatic heterocycles. The molecule has 1 aromatic carbocycles. The fraction of sp³-hybridized carbons (Fsp3) is 0.125. The monoisotopic (exact) mass is 184 g/mol. The second-order valence-corrected chi connectivity index (χ2v) is 2.84. The van der Waals surface area contributed by atoms with Crippen LogP contribution in [0.3, 0.4) is 0 Å². The zero-order chi connectivity index (χ0) is 9.42. The summed E-state index contributed by atoms with van der Waals surface area (Å²) in [5.74, 6) is 0.0944. The number of carbonyl (C=O) groups excluding carboxylic acids is 1. The molecular weight excluding hydrogens is 178 g/mol. The van der Waals surface area contributed by atoms with Crippen molar-refractivity contribution in [3.8, 4) is 5.75 Å². The van der Waals surface area contributed by atoms with Crippen molar-refractivity contribution in [2.24, 2.45) is 0 Å². The number of fused-ring (bicyclic) bond motifs is 1. The highest BCUT2D eigenvalue weighted by Crippen LogP contribution is 2.29. The van der Waals surface area contributed by atoms with Crippen molar-refractivity contribution < 1.29 is 10.9 Å². The van der Waals surface area contributed by atoms with Crippen molar-refractivity contribution in [3.63, 3.8) is 0 Å². The summed E-state index contributed by atoms with van der Waals surface area (Å²) in [6.45, 7) is -0.100. The van der Waals surface area contributed by atoms with Gasteiger partial charge >= 0.3 is 0 Å². The van der Waals surface area contributed by atoms with E-state index in [1.54, 1.807) is 18.2 Å². The number of amides is 1. The Labute approximate surface area is 75.7 Å². The number of hydrogen-bond donors (Lipinski definition) is 1. The van der Waals surface area contributed by atoms with Crippen LogP contribution in [-0.4, -0.2) is 12.5 Å². The summed E-state index contributed by atoms with van der Waals surface area (Å²) >= 11 is 5.72. The van der Waals surface area contributed by atoms with Gasteiger partial charge in [-0.2, -0.15) is 0 Å². The minimum Gasteiger partial charge on any atom is -0.482 e. The molecule has 1 aliphatic rings. The molecule has 0 saturated carbocycles. The van der Waals surface area contributed by atoms with Crippen molar-refractivity contribution in [2.75, 3.05) is 11.9 Å². The normalized spacial score (nSPS) is 16.6. The first-order valence-electron chi connectivity index (χ1n) is 3.87. The smallest absolute Gasteiger partial charge is 0.262 e. The molecule has 4 heteroatoms. The number of anilines is 1. The van der Waals surface area contributed by atoms with Crippen molar-refractivity contribution in [1.29, 1.82) is 0 Å². The Balaban J connectivity index is 2.49. The minimum atomic E-state index is -0.380. The van der Waals surface area contributed by atoms with Gasteiger partial charge in [-0.05, 0) is 12.1 Å². The lowest BCUT2D eigenvalue weighted by atomic mass is 10.2. The minimum absolute atomic E-state index is 0.100. The highest BCUT2D eigenvalue weighted by Gasteiger charge is 2.14. The average Bonchev–Trinajstić information content (AvgIpc) is 2.12. The van der Waals surface area contributed by atoms with Crippen LogP contribution in [-0.2, 0) is 4.79 Å². The Morgan fingerprint density at radius 2 is 2.50 bits per heavy atom. The predicted molar refractivity (Wildman–Crippen MR) is 45.6 cm³/mol. The number of benzene rings is 1. The highest BCUT2D eigenvalue weighted by atomic mass is 35.5. The second-order valence-electron chi connectivity index (χ2n) is 2.41. The first-order valence-corrected chi connectivity index (χ1v) is 3.80. The maximum Gasteiger partial charge on any atom is 0.262 e. The van der Waals surface area contributed by atoms with Crippen LogP contribution in [0.15, 0.2) is 18.2 Å². The number of hydrogen-bond acceptors (Lipinski definition) is 2. The zero-order valence-electron chi connectivity index (χ0n) is 7.08. The maximum atomic E-state index is 11.0. The molecule has 1 aliphatic heterocycles. The van der Waals surface area contributed by atoms with Crippen LogP contribution >= 0.6 is 11.6 Å². The molecule has 0 radical (unpaired) electrons. The molecule has 0 bridgehead atoms. The van der Waals surface area contributed by atoms with Gasteiger partial charge in [0.25, 0.3) is 5.91 Å². The van der Waals surface area contributed by atoms with E-state index in [0.29, 0.717) is 16.5 Å². The Bertz CT molecular complexity index is 369. The van der Waals surface area contributed by atoms with Gasteiger partial charge in [-0.25, -0.2) is 0 Å². The summed E-state index contributed by atoms with van der Waals surface area (Å²) in [5.41, 5.74) is 0.431. The van der Waals surface area contributed by atoms with Crippen LogP contribution in [0.1, 0.15) is 0 Å². The summed E-state index contributed by atoms with van der Waals surface area (Å²) in [6, 6.07) is 4.79. The van der Waals surface area contributed by atoms with E-state index in [1.807, 2.05) is 0 Å². The average molecular weight is 185 g/mol. The fourth-order valence-corrected chi connectivity index (χ4v) is 1.16. The summed E-state index contributed by atoms with van der Waals surface area (Å²) in [4.78, 5) is 11.0. The Kier molecular flexibility index (Phi) is 1.41. The third-order valence-corrected chi connectivity index (χ3v) is 1.75. The second kappa shape index (κ2) is 2.68. The van der Waals surface area contributed by atoms with Gasteiger partial charge in [0.15, 0.2) is 8.02 Å². The number of nitrogens with one attached hydrogen (secondary N) is 1. The van der Waals surface area contributed by atoms with E-state index in [9.17, 15) is 4.79 Å². The molecule has 12 heavy (non-hydrogen) atoms. The Hall–Kier alpha value is -1.22. The van der Waals surface area contributed by atoms with E-state index in [2.05, 4.69) is 0 Å². The molecule has 3 nitrogen and oxygen atoms in total. The largest absolute Gasteiger partial charge is 0.482 e. The third kappa shape index (κ3) is 1.23. The molecule has 0 atom stereocenters. The number of rotatable bonds is 0. The zero-order valence-corrected chi connectivity index (χ0v) is 6.84. The van der Waals surface area contributed by atoms with Crippen LogP contribution in [0.5, 0.6) is 5.75 Å². The highest BCUT2D eigenvalue weighted by molar-refractivity contribution is 6.30. The summed E-state index contributed by atoms with van der Waals surface area (Å²) < 4.78 is 12.5. The van der Waals surface area contributed by atoms with Crippen LogP contribution in [0.2, 0.25) is 6.43 Å². The van der Waals surface area contributed by atoms with E-state index in [-0.39, 0.29) is 12.5 Å². The van der Waals surface area contributed by atoms with Gasteiger partial charge in [0.1, 0.15) is 5.75 Å². The van der Waals surface area contributed by atoms with Crippen molar-refractivity contribution in [3.05, 3.63) is 23.2 Å². The van der Waals surface area contributed by atoms with Gasteiger partial charge in [0, 0.05) is 11.1 Å². The number of carbonyl (C=O) groups is 1. The quantitative estimate of drug-likeness (QED) is 0.666. The molecule has 0 unspecified atom stereocenters. The lowest BCUT2D eigenvalue weighted by molar-refractivity contribution is -0.118. The van der Waals surface area contributed by atoms with E-state index < -0.39 is 0 Å². The molecule has 2 rings (SSSR count). The maximum absolute atomic E-state index is 11.0. The molecule has 0 spiro atoms. The van der Waals surface area contributed by atoms with Gasteiger partial charge in [0.2, 0.25) is 0 Å². The molecule has 62 valence electrons. The summed E-state index contributed by atoms with van der Waals surface area (Å²) in [6.07, 6.45) is 0. The predicted octanol–water partition coefficient (Wildman–Crippen LogP) is 1.67. The van der Waals surface area contributed by atoms with Gasteiger partial charge < -0.3 is 10.0 Å². The van der Waals surface area contributed by atoms with Gasteiger partial charge in [-0.15, -0.1) is 0 Å². The molecule has 1 aromatic rings. The molecule has 0 saturated heterocycles. The van der Waals surface area contributed by atoms with Crippen LogP contribution in [0, 0.1) is 0 Å². The van der Waals surface area contributed by atoms with Crippen molar-refractivity contribution >= 4 is 23.2 Å². The molecule has 1 N–H and O–H groups in total. The van der Waals surface area contributed by atoms with E-state index in [4.69, 9.17) is 17.7 Å². The topological polar surface area (TPSA) is 38.3 Å². The van der Waals surface area contributed by atoms with Gasteiger partial charge in [-0.1, -0.05) is 11.6 Å². The lowest BCUT2D eigenvalue weighted by Gasteiger charge is -2.17. The fourth-order valence-electron chi connectivity index (χ4n) is 1.00. The number of halogens is 1. The standard InChI is InChI=1S/C8H6ClNO2/c9-5-1-2-6-7(3-5)12-4-8(11)10-6/h1-3H,4H2,(H,10,11)/i/hD.